The molecule has 0 aromatic carbocycles. The number of hydrogen-bond donors (Lipinski definition) is 1. The topological polar surface area (TPSA) is 69.2 Å². The quantitative estimate of drug-likeness (QED) is 0.732. The Morgan fingerprint density at radius 2 is 2.13 bits per heavy atom. The molecule has 0 bridgehead atoms. The van der Waals surface area contributed by atoms with Gasteiger partial charge in [-0.2, -0.15) is 0 Å². The highest BCUT2D eigenvalue weighted by Crippen LogP contribution is 1.99. The van der Waals surface area contributed by atoms with Crippen molar-refractivity contribution in [3.63, 3.8) is 0 Å². The molecule has 0 radical (unpaired) electrons. The molecule has 15 heavy (non-hydrogen) atoms. The van der Waals surface area contributed by atoms with Crippen LogP contribution in [0.25, 0.3) is 0 Å². The molecule has 0 saturated carbocycles. The van der Waals surface area contributed by atoms with Gasteiger partial charge in [0.25, 0.3) is 0 Å². The van der Waals surface area contributed by atoms with Crippen molar-refractivity contribution in [2.75, 3.05) is 38.6 Å². The van der Waals surface area contributed by atoms with E-state index in [1.807, 2.05) is 0 Å². The fourth-order valence-corrected chi connectivity index (χ4v) is 1.70. The number of hydrogen-bond acceptors (Lipinski definition) is 5. The van der Waals surface area contributed by atoms with Crippen LogP contribution >= 0.6 is 0 Å². The second kappa shape index (κ2) is 5.09. The lowest BCUT2D eigenvalue weighted by atomic mass is 10.3. The standard InChI is InChI=1S/C9H17N5O/c10-9-11-8-14(12-9)3-1-2-13-4-6-15-7-5-13/h8H,1-7H2,(H2,10,12). The number of morpholine rings is 1. The van der Waals surface area contributed by atoms with Crippen molar-refractivity contribution in [2.45, 2.75) is 13.0 Å². The van der Waals surface area contributed by atoms with Gasteiger partial charge in [0.2, 0.25) is 5.95 Å². The Labute approximate surface area is 89.0 Å². The number of nitrogens with two attached hydrogens (primary N) is 1. The molecule has 1 fully saturated rings. The molecular formula is C9H17N5O. The Bertz CT molecular complexity index is 294. The average Bonchev–Trinajstić information content (AvgIpc) is 2.66. The number of anilines is 1. The van der Waals surface area contributed by atoms with Crippen LogP contribution in [0.1, 0.15) is 6.42 Å². The highest BCUT2D eigenvalue weighted by Gasteiger charge is 2.09. The summed E-state index contributed by atoms with van der Waals surface area (Å²) < 4.78 is 7.07. The van der Waals surface area contributed by atoms with Gasteiger partial charge >= 0.3 is 0 Å². The third kappa shape index (κ3) is 3.17. The van der Waals surface area contributed by atoms with Crippen LogP contribution in [0.15, 0.2) is 6.33 Å². The summed E-state index contributed by atoms with van der Waals surface area (Å²) in [6, 6.07) is 0. The lowest BCUT2D eigenvalue weighted by molar-refractivity contribution is 0.0368. The number of aryl methyl sites for hydroxylation is 1. The number of nitrogens with zero attached hydrogens (tertiary/aromatic N) is 4. The zero-order valence-corrected chi connectivity index (χ0v) is 8.80. The van der Waals surface area contributed by atoms with Crippen LogP contribution in [-0.2, 0) is 11.3 Å². The Morgan fingerprint density at radius 3 is 2.80 bits per heavy atom. The van der Waals surface area contributed by atoms with Gasteiger partial charge < -0.3 is 10.5 Å². The van der Waals surface area contributed by atoms with Crippen molar-refractivity contribution in [1.82, 2.24) is 19.7 Å². The maximum Gasteiger partial charge on any atom is 0.239 e. The molecule has 1 aromatic heterocycles. The molecule has 0 unspecified atom stereocenters. The molecule has 1 saturated heterocycles. The van der Waals surface area contributed by atoms with Crippen molar-refractivity contribution in [3.05, 3.63) is 6.33 Å². The largest absolute Gasteiger partial charge is 0.379 e. The van der Waals surface area contributed by atoms with Crippen molar-refractivity contribution < 1.29 is 4.74 Å². The molecule has 6 heteroatoms. The minimum atomic E-state index is 0.348. The van der Waals surface area contributed by atoms with Gasteiger partial charge in [-0.15, -0.1) is 5.10 Å². The Morgan fingerprint density at radius 1 is 1.33 bits per heavy atom. The first-order valence-corrected chi connectivity index (χ1v) is 5.29. The predicted octanol–water partition coefficient (Wildman–Crippen LogP) is -0.417. The first kappa shape index (κ1) is 10.4. The van der Waals surface area contributed by atoms with E-state index in [-0.39, 0.29) is 0 Å². The second-order valence-corrected chi connectivity index (χ2v) is 3.67. The van der Waals surface area contributed by atoms with E-state index >= 15 is 0 Å². The summed E-state index contributed by atoms with van der Waals surface area (Å²) in [6.45, 7) is 5.76. The SMILES string of the molecule is Nc1ncn(CCCN2CCOCC2)n1. The van der Waals surface area contributed by atoms with Crippen LogP contribution in [-0.4, -0.2) is 52.5 Å². The van der Waals surface area contributed by atoms with E-state index in [0.717, 1.165) is 45.8 Å². The molecular weight excluding hydrogens is 194 g/mol. The molecule has 1 aromatic rings. The summed E-state index contributed by atoms with van der Waals surface area (Å²) in [4.78, 5) is 6.28. The summed E-state index contributed by atoms with van der Waals surface area (Å²) in [7, 11) is 0. The zero-order valence-electron chi connectivity index (χ0n) is 8.80. The third-order valence-electron chi connectivity index (χ3n) is 2.52. The normalized spacial score (nSPS) is 18.1. The summed E-state index contributed by atoms with van der Waals surface area (Å²) >= 11 is 0. The molecule has 1 aliphatic rings. The first-order valence-electron chi connectivity index (χ1n) is 5.29. The predicted molar refractivity (Wildman–Crippen MR) is 56.3 cm³/mol. The van der Waals surface area contributed by atoms with E-state index in [1.165, 1.54) is 0 Å². The van der Waals surface area contributed by atoms with Gasteiger partial charge in [0.15, 0.2) is 0 Å². The third-order valence-corrected chi connectivity index (χ3v) is 2.52. The number of ether oxygens (including phenoxy) is 1. The van der Waals surface area contributed by atoms with Crippen molar-refractivity contribution >= 4 is 5.95 Å². The van der Waals surface area contributed by atoms with Crippen LogP contribution in [0, 0.1) is 0 Å². The molecule has 2 heterocycles. The molecule has 2 rings (SSSR count). The summed E-state index contributed by atoms with van der Waals surface area (Å²) in [5, 5.41) is 4.03. The molecule has 0 aliphatic carbocycles. The highest BCUT2D eigenvalue weighted by atomic mass is 16.5. The average molecular weight is 211 g/mol. The molecule has 0 atom stereocenters. The van der Waals surface area contributed by atoms with E-state index in [2.05, 4.69) is 15.0 Å². The molecule has 84 valence electrons. The Hall–Kier alpha value is -1.14. The van der Waals surface area contributed by atoms with Gasteiger partial charge in [0.05, 0.1) is 13.2 Å². The van der Waals surface area contributed by atoms with Crippen LogP contribution in [0.3, 0.4) is 0 Å². The summed E-state index contributed by atoms with van der Waals surface area (Å²) in [5.74, 6) is 0.348. The van der Waals surface area contributed by atoms with Crippen LogP contribution < -0.4 is 5.73 Å². The first-order chi connectivity index (χ1) is 7.34. The molecule has 6 nitrogen and oxygen atoms in total. The van der Waals surface area contributed by atoms with Gasteiger partial charge in [-0.3, -0.25) is 9.58 Å². The van der Waals surface area contributed by atoms with E-state index in [0.29, 0.717) is 5.95 Å². The lowest BCUT2D eigenvalue weighted by Gasteiger charge is -2.26. The summed E-state index contributed by atoms with van der Waals surface area (Å²) in [6.07, 6.45) is 2.75. The molecule has 2 N–H and O–H groups in total. The maximum absolute atomic E-state index is 5.42. The van der Waals surface area contributed by atoms with Gasteiger partial charge in [0.1, 0.15) is 6.33 Å². The Balaban J connectivity index is 1.65. The van der Waals surface area contributed by atoms with Gasteiger partial charge in [-0.25, -0.2) is 4.98 Å². The fraction of sp³-hybridized carbons (Fsp3) is 0.778. The van der Waals surface area contributed by atoms with Gasteiger partial charge in [0, 0.05) is 26.2 Å². The van der Waals surface area contributed by atoms with E-state index in [1.54, 1.807) is 11.0 Å². The van der Waals surface area contributed by atoms with E-state index in [9.17, 15) is 0 Å². The van der Waals surface area contributed by atoms with Crippen molar-refractivity contribution in [2.24, 2.45) is 0 Å². The highest BCUT2D eigenvalue weighted by molar-refractivity contribution is 5.09. The minimum absolute atomic E-state index is 0.348. The monoisotopic (exact) mass is 211 g/mol. The second-order valence-electron chi connectivity index (χ2n) is 3.67. The number of rotatable bonds is 4. The van der Waals surface area contributed by atoms with E-state index < -0.39 is 0 Å². The van der Waals surface area contributed by atoms with Crippen LogP contribution in [0.5, 0.6) is 0 Å². The smallest absolute Gasteiger partial charge is 0.239 e. The van der Waals surface area contributed by atoms with Gasteiger partial charge in [-0.1, -0.05) is 0 Å². The van der Waals surface area contributed by atoms with Crippen LogP contribution in [0.4, 0.5) is 5.95 Å². The van der Waals surface area contributed by atoms with Gasteiger partial charge in [-0.05, 0) is 6.42 Å². The van der Waals surface area contributed by atoms with Crippen molar-refractivity contribution in [3.8, 4) is 0 Å². The maximum atomic E-state index is 5.42. The number of nitrogen functional groups attached to an aromatic ring is 1. The molecule has 0 spiro atoms. The van der Waals surface area contributed by atoms with Crippen LogP contribution in [0.2, 0.25) is 0 Å². The van der Waals surface area contributed by atoms with Crippen molar-refractivity contribution in [1.29, 1.82) is 0 Å². The lowest BCUT2D eigenvalue weighted by Crippen LogP contribution is -2.37. The zero-order chi connectivity index (χ0) is 10.5. The van der Waals surface area contributed by atoms with E-state index in [4.69, 9.17) is 10.5 Å². The molecule has 1 aliphatic heterocycles. The number of aromatic nitrogens is 3. The Kier molecular flexibility index (Phi) is 3.52. The minimum Gasteiger partial charge on any atom is -0.379 e. The molecule has 0 amide bonds. The summed E-state index contributed by atoms with van der Waals surface area (Å²) in [5.41, 5.74) is 5.42. The fourth-order valence-electron chi connectivity index (χ4n) is 1.70.